The number of rotatable bonds is 2. The van der Waals surface area contributed by atoms with Crippen molar-refractivity contribution in [3.8, 4) is 0 Å². The fourth-order valence-corrected chi connectivity index (χ4v) is 1.37. The van der Waals surface area contributed by atoms with Crippen LogP contribution in [0.2, 0.25) is 0 Å². The molecule has 1 aromatic carbocycles. The van der Waals surface area contributed by atoms with Crippen LogP contribution in [0.4, 0.5) is 0 Å². The first-order valence-electron chi connectivity index (χ1n) is 4.33. The van der Waals surface area contributed by atoms with E-state index in [2.05, 4.69) is 0 Å². The molecular formula is C8H8B2O5. The number of hydrogen-bond acceptors (Lipinski definition) is 5. The lowest BCUT2D eigenvalue weighted by Crippen LogP contribution is -2.29. The van der Waals surface area contributed by atoms with Gasteiger partial charge in [-0.1, -0.05) is 12.1 Å². The first-order valence-corrected chi connectivity index (χ1v) is 4.33. The van der Waals surface area contributed by atoms with Crippen LogP contribution < -0.4 is 11.1 Å². The second kappa shape index (κ2) is 3.71. The standard InChI is InChI=1S/C8H8B2O5/c11-9(12)6-1-2-7-5(3-6)4-8(15-7)10(13)14/h1-4,11-14H. The van der Waals surface area contributed by atoms with Gasteiger partial charge >= 0.3 is 14.2 Å². The summed E-state index contributed by atoms with van der Waals surface area (Å²) in [7, 11) is -3.22. The van der Waals surface area contributed by atoms with E-state index >= 15 is 0 Å². The second-order valence-corrected chi connectivity index (χ2v) is 3.19. The summed E-state index contributed by atoms with van der Waals surface area (Å²) >= 11 is 0. The summed E-state index contributed by atoms with van der Waals surface area (Å²) in [5, 5.41) is 36.2. The molecule has 0 amide bonds. The molecule has 2 aromatic rings. The summed E-state index contributed by atoms with van der Waals surface area (Å²) in [4.78, 5) is 0. The van der Waals surface area contributed by atoms with Gasteiger partial charge in [0.2, 0.25) is 0 Å². The van der Waals surface area contributed by atoms with Crippen molar-refractivity contribution in [1.82, 2.24) is 0 Å². The highest BCUT2D eigenvalue weighted by Crippen LogP contribution is 2.11. The zero-order chi connectivity index (χ0) is 11.0. The number of benzene rings is 1. The Hall–Kier alpha value is -1.27. The van der Waals surface area contributed by atoms with Gasteiger partial charge in [-0.25, -0.2) is 0 Å². The second-order valence-electron chi connectivity index (χ2n) is 3.19. The summed E-state index contributed by atoms with van der Waals surface area (Å²) in [6, 6.07) is 5.97. The van der Waals surface area contributed by atoms with Crippen molar-refractivity contribution in [2.24, 2.45) is 0 Å². The third-order valence-electron chi connectivity index (χ3n) is 2.11. The molecule has 0 spiro atoms. The summed E-state index contributed by atoms with van der Waals surface area (Å²) in [5.74, 6) is 0. The monoisotopic (exact) mass is 206 g/mol. The Labute approximate surface area is 85.9 Å². The first-order chi connectivity index (χ1) is 7.08. The van der Waals surface area contributed by atoms with E-state index in [4.69, 9.17) is 24.5 Å². The van der Waals surface area contributed by atoms with Gasteiger partial charge in [0.15, 0.2) is 0 Å². The average molecular weight is 206 g/mol. The summed E-state index contributed by atoms with van der Waals surface area (Å²) in [6.07, 6.45) is 0. The minimum absolute atomic E-state index is 0.0228. The van der Waals surface area contributed by atoms with Crippen LogP contribution in [0.3, 0.4) is 0 Å². The van der Waals surface area contributed by atoms with E-state index in [0.717, 1.165) is 0 Å². The molecule has 4 N–H and O–H groups in total. The molecule has 0 aliphatic rings. The maximum absolute atomic E-state index is 8.93. The van der Waals surface area contributed by atoms with E-state index in [9.17, 15) is 0 Å². The molecule has 0 saturated heterocycles. The van der Waals surface area contributed by atoms with Crippen molar-refractivity contribution in [3.63, 3.8) is 0 Å². The van der Waals surface area contributed by atoms with E-state index < -0.39 is 14.2 Å². The van der Waals surface area contributed by atoms with Crippen LogP contribution in [-0.4, -0.2) is 34.3 Å². The van der Waals surface area contributed by atoms with E-state index in [0.29, 0.717) is 16.4 Å². The molecule has 0 radical (unpaired) electrons. The predicted molar refractivity (Wildman–Crippen MR) is 55.9 cm³/mol. The maximum atomic E-state index is 8.93. The predicted octanol–water partition coefficient (Wildman–Crippen LogP) is -2.21. The Morgan fingerprint density at radius 1 is 0.933 bits per heavy atom. The molecule has 5 nitrogen and oxygen atoms in total. The van der Waals surface area contributed by atoms with Crippen molar-refractivity contribution in [2.45, 2.75) is 0 Å². The SMILES string of the molecule is OB(O)c1ccc2oc(B(O)O)cc2c1. The van der Waals surface area contributed by atoms with E-state index in [1.807, 2.05) is 0 Å². The zero-order valence-electron chi connectivity index (χ0n) is 7.66. The van der Waals surface area contributed by atoms with Crippen LogP contribution in [0.25, 0.3) is 11.0 Å². The van der Waals surface area contributed by atoms with E-state index in [-0.39, 0.29) is 5.66 Å². The molecule has 0 saturated carbocycles. The van der Waals surface area contributed by atoms with Crippen LogP contribution in [-0.2, 0) is 0 Å². The summed E-state index contributed by atoms with van der Waals surface area (Å²) < 4.78 is 5.10. The summed E-state index contributed by atoms with van der Waals surface area (Å²) in [5.41, 5.74) is 0.805. The maximum Gasteiger partial charge on any atom is 0.526 e. The largest absolute Gasteiger partial charge is 0.526 e. The smallest absolute Gasteiger partial charge is 0.465 e. The molecule has 0 bridgehead atoms. The van der Waals surface area contributed by atoms with Gasteiger partial charge in [-0.15, -0.1) is 0 Å². The quantitative estimate of drug-likeness (QED) is 0.418. The normalized spacial score (nSPS) is 10.7. The van der Waals surface area contributed by atoms with Gasteiger partial charge in [-0.3, -0.25) is 0 Å². The fourth-order valence-electron chi connectivity index (χ4n) is 1.37. The summed E-state index contributed by atoms with van der Waals surface area (Å²) in [6.45, 7) is 0. The number of furan rings is 1. The molecule has 7 heteroatoms. The molecule has 15 heavy (non-hydrogen) atoms. The Morgan fingerprint density at radius 3 is 2.27 bits per heavy atom. The minimum atomic E-state index is -1.67. The number of fused-ring (bicyclic) bond motifs is 1. The zero-order valence-corrected chi connectivity index (χ0v) is 7.66. The van der Waals surface area contributed by atoms with Gasteiger partial charge in [-0.05, 0) is 17.6 Å². The molecule has 0 unspecified atom stereocenters. The van der Waals surface area contributed by atoms with Crippen LogP contribution >= 0.6 is 0 Å². The molecule has 0 aliphatic carbocycles. The van der Waals surface area contributed by atoms with Crippen molar-refractivity contribution >= 4 is 36.3 Å². The van der Waals surface area contributed by atoms with Crippen molar-refractivity contribution in [3.05, 3.63) is 24.3 Å². The van der Waals surface area contributed by atoms with Crippen LogP contribution in [0.5, 0.6) is 0 Å². The first kappa shape index (κ1) is 10.3. The van der Waals surface area contributed by atoms with Crippen molar-refractivity contribution in [2.75, 3.05) is 0 Å². The third kappa shape index (κ3) is 1.91. The third-order valence-corrected chi connectivity index (χ3v) is 2.11. The van der Waals surface area contributed by atoms with E-state index in [1.54, 1.807) is 0 Å². The highest BCUT2D eigenvalue weighted by Gasteiger charge is 2.18. The van der Waals surface area contributed by atoms with Crippen LogP contribution in [0, 0.1) is 0 Å². The van der Waals surface area contributed by atoms with Crippen molar-refractivity contribution < 1.29 is 24.5 Å². The molecule has 1 aromatic heterocycles. The van der Waals surface area contributed by atoms with Crippen LogP contribution in [0.1, 0.15) is 0 Å². The lowest BCUT2D eigenvalue weighted by atomic mass is 9.80. The molecule has 0 aliphatic heterocycles. The van der Waals surface area contributed by atoms with Gasteiger partial charge in [0.1, 0.15) is 11.2 Å². The Bertz CT molecular complexity index is 473. The van der Waals surface area contributed by atoms with Crippen LogP contribution in [0.15, 0.2) is 28.7 Å². The Balaban J connectivity index is 2.52. The van der Waals surface area contributed by atoms with Gasteiger partial charge < -0.3 is 24.5 Å². The average Bonchev–Trinajstić information content (AvgIpc) is 2.59. The molecule has 0 atom stereocenters. The molecule has 0 fully saturated rings. The van der Waals surface area contributed by atoms with Gasteiger partial charge in [0.25, 0.3) is 0 Å². The Kier molecular flexibility index (Phi) is 2.54. The van der Waals surface area contributed by atoms with Crippen molar-refractivity contribution in [1.29, 1.82) is 0 Å². The van der Waals surface area contributed by atoms with Gasteiger partial charge in [0, 0.05) is 5.39 Å². The molecule has 76 valence electrons. The Morgan fingerprint density at radius 2 is 1.67 bits per heavy atom. The lowest BCUT2D eigenvalue weighted by Gasteiger charge is -1.97. The molecule has 1 heterocycles. The fraction of sp³-hybridized carbons (Fsp3) is 0. The number of hydrogen-bond donors (Lipinski definition) is 4. The lowest BCUT2D eigenvalue weighted by molar-refractivity contribution is 0.412. The highest BCUT2D eigenvalue weighted by atomic mass is 16.4. The van der Waals surface area contributed by atoms with Gasteiger partial charge in [-0.2, -0.15) is 0 Å². The topological polar surface area (TPSA) is 94.1 Å². The molecule has 2 rings (SSSR count). The van der Waals surface area contributed by atoms with Gasteiger partial charge in [0.05, 0.1) is 0 Å². The van der Waals surface area contributed by atoms with E-state index in [1.165, 1.54) is 24.3 Å². The minimum Gasteiger partial charge on any atom is -0.465 e. The molecular weight excluding hydrogens is 198 g/mol. The highest BCUT2D eigenvalue weighted by molar-refractivity contribution is 6.59.